The number of aliphatic carboxylic acids is 1. The molecule has 4 rings (SSSR count). The first-order chi connectivity index (χ1) is 15.7. The molecule has 0 fully saturated rings. The van der Waals surface area contributed by atoms with Crippen LogP contribution in [-0.2, 0) is 16.1 Å². The summed E-state index contributed by atoms with van der Waals surface area (Å²) in [6.07, 6.45) is 0.987. The van der Waals surface area contributed by atoms with E-state index in [1.807, 2.05) is 12.1 Å². The first-order valence-corrected chi connectivity index (χ1v) is 10.1. The second-order valence-corrected chi connectivity index (χ2v) is 7.51. The lowest BCUT2D eigenvalue weighted by Crippen LogP contribution is -2.35. The average molecular weight is 500 g/mol. The van der Waals surface area contributed by atoms with Crippen molar-refractivity contribution in [2.45, 2.75) is 32.0 Å². The van der Waals surface area contributed by atoms with Crippen LogP contribution in [0.5, 0.6) is 0 Å². The normalized spacial score (nSPS) is 14.0. The molecule has 0 saturated heterocycles. The number of halogens is 4. The predicted octanol–water partition coefficient (Wildman–Crippen LogP) is 3.13. The minimum atomic E-state index is -4.35. The average Bonchev–Trinajstić information content (AvgIpc) is 3.37. The summed E-state index contributed by atoms with van der Waals surface area (Å²) in [5.74, 6) is -1.24. The van der Waals surface area contributed by atoms with Gasteiger partial charge < -0.3 is 15.3 Å². The van der Waals surface area contributed by atoms with Gasteiger partial charge in [0.15, 0.2) is 5.65 Å². The summed E-state index contributed by atoms with van der Waals surface area (Å²) in [7, 11) is 0. The number of alkyl halides is 3. The highest BCUT2D eigenvalue weighted by atomic mass is 35.5. The smallest absolute Gasteiger partial charge is 0.389 e. The Hall–Kier alpha value is -3.61. The van der Waals surface area contributed by atoms with Crippen molar-refractivity contribution in [3.63, 3.8) is 0 Å². The molecule has 0 atom stereocenters. The zero-order valence-electron chi connectivity index (χ0n) is 17.7. The molecule has 14 heteroatoms. The highest BCUT2D eigenvalue weighted by Crippen LogP contribution is 2.27. The third-order valence-corrected chi connectivity index (χ3v) is 5.08. The fourth-order valence-electron chi connectivity index (χ4n) is 3.54. The van der Waals surface area contributed by atoms with E-state index >= 15 is 0 Å². The highest BCUT2D eigenvalue weighted by Gasteiger charge is 2.29. The third kappa shape index (κ3) is 6.04. The van der Waals surface area contributed by atoms with Crippen LogP contribution in [0.2, 0.25) is 0 Å². The number of nitrogens with zero attached hydrogens (tertiary/aromatic N) is 6. The number of carbonyl (C=O) groups is 2. The van der Waals surface area contributed by atoms with E-state index < -0.39 is 30.9 Å². The fourth-order valence-corrected chi connectivity index (χ4v) is 3.54. The van der Waals surface area contributed by atoms with Crippen molar-refractivity contribution < 1.29 is 27.9 Å². The van der Waals surface area contributed by atoms with Gasteiger partial charge in [-0.05, 0) is 24.1 Å². The number of fused-ring (bicyclic) bond motifs is 1. The standard InChI is InChI=1S/C20H20F3N7O3.ClH/c21-20(22,23)6-3-16(31)28-8-4-13(5-9-28)15-2-1-7-30-18(15)26-19(27-30)25-14-10-24-29(11-14)12-17(32)33;/h1-2,4,7,10-11H,3,5-6,8-9,12H2,(H,25,27)(H,32,33);1H. The molecular formula is C20H21ClF3N7O3. The summed E-state index contributed by atoms with van der Waals surface area (Å²) in [5.41, 5.74) is 2.83. The maximum absolute atomic E-state index is 12.4. The van der Waals surface area contributed by atoms with Gasteiger partial charge in [-0.25, -0.2) is 4.52 Å². The van der Waals surface area contributed by atoms with E-state index in [4.69, 9.17) is 5.11 Å². The number of carbonyl (C=O) groups excluding carboxylic acids is 1. The molecule has 0 aromatic carbocycles. The lowest BCUT2D eigenvalue weighted by Gasteiger charge is -2.27. The van der Waals surface area contributed by atoms with Crippen molar-refractivity contribution in [1.82, 2.24) is 29.3 Å². The van der Waals surface area contributed by atoms with Gasteiger partial charge in [-0.1, -0.05) is 6.08 Å². The van der Waals surface area contributed by atoms with Gasteiger partial charge in [0.2, 0.25) is 11.9 Å². The number of hydrogen-bond acceptors (Lipinski definition) is 6. The van der Waals surface area contributed by atoms with Crippen molar-refractivity contribution in [1.29, 1.82) is 0 Å². The predicted molar refractivity (Wildman–Crippen MR) is 118 cm³/mol. The molecule has 4 heterocycles. The van der Waals surface area contributed by atoms with Gasteiger partial charge in [0, 0.05) is 37.5 Å². The minimum Gasteiger partial charge on any atom is -0.480 e. The number of nitrogens with one attached hydrogen (secondary N) is 1. The second kappa shape index (κ2) is 10.1. The number of anilines is 2. The monoisotopic (exact) mass is 499 g/mol. The molecule has 3 aromatic heterocycles. The van der Waals surface area contributed by atoms with Gasteiger partial charge in [0.25, 0.3) is 0 Å². The zero-order valence-corrected chi connectivity index (χ0v) is 18.5. The van der Waals surface area contributed by atoms with Crippen molar-refractivity contribution in [3.05, 3.63) is 42.4 Å². The Morgan fingerprint density at radius 3 is 2.74 bits per heavy atom. The van der Waals surface area contributed by atoms with E-state index in [1.165, 1.54) is 22.0 Å². The molecule has 2 N–H and O–H groups in total. The SMILES string of the molecule is Cl.O=C(O)Cn1cc(Nc2nc3c(C4=CCN(C(=O)CCC(F)(F)F)CC4)cccn3n2)cn1. The van der Waals surface area contributed by atoms with Gasteiger partial charge in [0.1, 0.15) is 6.54 Å². The molecule has 1 aliphatic heterocycles. The first-order valence-electron chi connectivity index (χ1n) is 10.1. The summed E-state index contributed by atoms with van der Waals surface area (Å²) >= 11 is 0. The van der Waals surface area contributed by atoms with Gasteiger partial charge >= 0.3 is 12.1 Å². The van der Waals surface area contributed by atoms with E-state index in [9.17, 15) is 22.8 Å². The summed E-state index contributed by atoms with van der Waals surface area (Å²) < 4.78 is 40.0. The first kappa shape index (κ1) is 25.0. The van der Waals surface area contributed by atoms with Crippen LogP contribution in [0.25, 0.3) is 11.2 Å². The van der Waals surface area contributed by atoms with E-state index in [1.54, 1.807) is 16.8 Å². The lowest BCUT2D eigenvalue weighted by molar-refractivity contribution is -0.148. The van der Waals surface area contributed by atoms with Crippen LogP contribution in [0.1, 0.15) is 24.8 Å². The molecule has 0 saturated carbocycles. The van der Waals surface area contributed by atoms with Crippen LogP contribution < -0.4 is 5.32 Å². The molecular weight excluding hydrogens is 479 g/mol. The van der Waals surface area contributed by atoms with Crippen molar-refractivity contribution in [2.24, 2.45) is 0 Å². The maximum atomic E-state index is 12.4. The third-order valence-electron chi connectivity index (χ3n) is 5.08. The number of carboxylic acids is 1. The fraction of sp³-hybridized carbons (Fsp3) is 0.350. The Morgan fingerprint density at radius 2 is 2.06 bits per heavy atom. The molecule has 1 aliphatic rings. The largest absolute Gasteiger partial charge is 0.480 e. The quantitative estimate of drug-likeness (QED) is 0.512. The van der Waals surface area contributed by atoms with E-state index in [-0.39, 0.29) is 31.4 Å². The van der Waals surface area contributed by atoms with Crippen LogP contribution in [-0.4, -0.2) is 65.5 Å². The molecule has 0 aliphatic carbocycles. The molecule has 0 spiro atoms. The summed E-state index contributed by atoms with van der Waals surface area (Å²) in [6, 6.07) is 3.67. The van der Waals surface area contributed by atoms with Crippen molar-refractivity contribution in [2.75, 3.05) is 18.4 Å². The van der Waals surface area contributed by atoms with Gasteiger partial charge in [-0.2, -0.15) is 23.3 Å². The second-order valence-electron chi connectivity index (χ2n) is 7.51. The molecule has 0 unspecified atom stereocenters. The number of aromatic nitrogens is 5. The number of carboxylic acid groups (broad SMARTS) is 1. The maximum Gasteiger partial charge on any atom is 0.389 e. The van der Waals surface area contributed by atoms with Crippen LogP contribution in [0, 0.1) is 0 Å². The minimum absolute atomic E-state index is 0. The zero-order chi connectivity index (χ0) is 23.6. The Morgan fingerprint density at radius 1 is 1.26 bits per heavy atom. The van der Waals surface area contributed by atoms with Crippen LogP contribution in [0.3, 0.4) is 0 Å². The Kier molecular flexibility index (Phi) is 7.44. The summed E-state index contributed by atoms with van der Waals surface area (Å²) in [5, 5.41) is 20.1. The summed E-state index contributed by atoms with van der Waals surface area (Å²) in [6.45, 7) is 0.287. The van der Waals surface area contributed by atoms with Gasteiger partial charge in [0.05, 0.1) is 18.3 Å². The topological polar surface area (TPSA) is 118 Å². The summed E-state index contributed by atoms with van der Waals surface area (Å²) in [4.78, 5) is 28.8. The lowest BCUT2D eigenvalue weighted by atomic mass is 10.00. The molecule has 0 radical (unpaired) electrons. The number of hydrogen-bond donors (Lipinski definition) is 2. The molecule has 34 heavy (non-hydrogen) atoms. The number of rotatable bonds is 7. The Bertz CT molecular complexity index is 1220. The molecule has 3 aromatic rings. The number of amides is 1. The van der Waals surface area contributed by atoms with Crippen molar-refractivity contribution >= 4 is 47.1 Å². The van der Waals surface area contributed by atoms with E-state index in [0.29, 0.717) is 24.3 Å². The highest BCUT2D eigenvalue weighted by molar-refractivity contribution is 5.85. The molecule has 0 bridgehead atoms. The Balaban J connectivity index is 0.00000324. The molecule has 10 nitrogen and oxygen atoms in total. The van der Waals surface area contributed by atoms with E-state index in [2.05, 4.69) is 20.5 Å². The van der Waals surface area contributed by atoms with E-state index in [0.717, 1.165) is 11.1 Å². The number of pyridine rings is 1. The van der Waals surface area contributed by atoms with Gasteiger partial charge in [-0.15, -0.1) is 17.5 Å². The van der Waals surface area contributed by atoms with Crippen LogP contribution in [0.15, 0.2) is 36.8 Å². The molecule has 1 amide bonds. The Labute approximate surface area is 197 Å². The van der Waals surface area contributed by atoms with Crippen LogP contribution in [0.4, 0.5) is 24.8 Å². The van der Waals surface area contributed by atoms with Crippen molar-refractivity contribution in [3.8, 4) is 0 Å². The van der Waals surface area contributed by atoms with Gasteiger partial charge in [-0.3, -0.25) is 14.3 Å². The van der Waals surface area contributed by atoms with Crippen LogP contribution >= 0.6 is 12.4 Å². The molecule has 182 valence electrons.